The highest BCUT2D eigenvalue weighted by Crippen LogP contribution is 2.07. The Kier molecular flexibility index (Phi) is 6.19. The van der Waals surface area contributed by atoms with E-state index in [1.807, 2.05) is 6.92 Å². The molecule has 1 aromatic rings. The summed E-state index contributed by atoms with van der Waals surface area (Å²) in [5.41, 5.74) is 10.1. The van der Waals surface area contributed by atoms with Crippen LogP contribution in [0, 0.1) is 5.92 Å². The van der Waals surface area contributed by atoms with Crippen LogP contribution in [0.15, 0.2) is 30.3 Å². The van der Waals surface area contributed by atoms with Gasteiger partial charge in [-0.1, -0.05) is 38.5 Å². The molecule has 0 saturated carbocycles. The minimum Gasteiger partial charge on any atom is -0.352 e. The molecule has 4 amide bonds. The molecule has 0 aromatic heterocycles. The smallest absolute Gasteiger partial charge is 0.312 e. The third-order valence-corrected chi connectivity index (χ3v) is 3.13. The van der Waals surface area contributed by atoms with Crippen molar-refractivity contribution in [2.24, 2.45) is 11.7 Å². The van der Waals surface area contributed by atoms with Crippen LogP contribution in [0.25, 0.3) is 0 Å². The van der Waals surface area contributed by atoms with Crippen LogP contribution in [0.3, 0.4) is 0 Å². The maximum atomic E-state index is 12.0. The molecule has 21 heavy (non-hydrogen) atoms. The molecule has 0 bridgehead atoms. The summed E-state index contributed by atoms with van der Waals surface area (Å²) in [6.07, 6.45) is 0.672. The molecule has 114 valence electrons. The summed E-state index contributed by atoms with van der Waals surface area (Å²) in [5, 5.41) is 2.37. The maximum absolute atomic E-state index is 12.0. The lowest BCUT2D eigenvalue weighted by atomic mass is 9.99. The van der Waals surface area contributed by atoms with Gasteiger partial charge in [-0.15, -0.1) is 0 Å². The Morgan fingerprint density at radius 2 is 1.76 bits per heavy atom. The molecule has 7 nitrogen and oxygen atoms in total. The number of benzene rings is 1. The molecule has 7 heteroatoms. The predicted molar refractivity (Wildman–Crippen MR) is 78.0 cm³/mol. The van der Waals surface area contributed by atoms with Crippen molar-refractivity contribution in [2.75, 3.05) is 0 Å². The van der Waals surface area contributed by atoms with Crippen LogP contribution in [-0.2, 0) is 4.79 Å². The summed E-state index contributed by atoms with van der Waals surface area (Å²) >= 11 is 0. The second-order valence-corrected chi connectivity index (χ2v) is 4.68. The lowest BCUT2D eigenvalue weighted by molar-refractivity contribution is -0.124. The average Bonchev–Trinajstić information content (AvgIpc) is 2.49. The number of rotatable bonds is 5. The number of primary amides is 1. The maximum Gasteiger partial charge on any atom is 0.312 e. The Morgan fingerprint density at radius 3 is 2.29 bits per heavy atom. The van der Waals surface area contributed by atoms with Gasteiger partial charge in [-0.05, 0) is 18.1 Å². The van der Waals surface area contributed by atoms with Crippen LogP contribution in [0.5, 0.6) is 0 Å². The fourth-order valence-corrected chi connectivity index (χ4v) is 1.71. The van der Waals surface area contributed by atoms with Gasteiger partial charge in [-0.3, -0.25) is 20.4 Å². The number of nitrogens with two attached hydrogens (primary N) is 1. The number of hydrazine groups is 1. The van der Waals surface area contributed by atoms with Gasteiger partial charge < -0.3 is 11.1 Å². The van der Waals surface area contributed by atoms with Crippen molar-refractivity contribution in [3.63, 3.8) is 0 Å². The first-order chi connectivity index (χ1) is 9.95. The first kappa shape index (κ1) is 16.5. The van der Waals surface area contributed by atoms with E-state index in [2.05, 4.69) is 16.2 Å². The molecule has 1 aromatic carbocycles. The molecule has 0 aliphatic rings. The van der Waals surface area contributed by atoms with Crippen molar-refractivity contribution in [1.29, 1.82) is 0 Å². The van der Waals surface area contributed by atoms with Gasteiger partial charge in [0.2, 0.25) is 0 Å². The summed E-state index contributed by atoms with van der Waals surface area (Å²) in [4.78, 5) is 34.8. The van der Waals surface area contributed by atoms with E-state index in [1.165, 1.54) is 0 Å². The predicted octanol–water partition coefficient (Wildman–Crippen LogP) is 0.531. The van der Waals surface area contributed by atoms with Crippen LogP contribution in [0.2, 0.25) is 0 Å². The molecule has 0 radical (unpaired) electrons. The lowest BCUT2D eigenvalue weighted by Crippen LogP contribution is -2.55. The number of hydrogen-bond acceptors (Lipinski definition) is 3. The van der Waals surface area contributed by atoms with E-state index in [-0.39, 0.29) is 5.92 Å². The van der Waals surface area contributed by atoms with Crippen molar-refractivity contribution < 1.29 is 14.4 Å². The van der Waals surface area contributed by atoms with Crippen LogP contribution >= 0.6 is 0 Å². The van der Waals surface area contributed by atoms with Gasteiger partial charge in [-0.2, -0.15) is 0 Å². The standard InChI is InChI=1S/C14H20N4O3/c1-3-9(2)11(16-14(15)21)13(20)18-17-12(19)10-7-5-4-6-8-10/h4-9,11H,3H2,1-2H3,(H,17,19)(H,18,20)(H3,15,16,21). The molecular formula is C14H20N4O3. The molecule has 0 saturated heterocycles. The molecule has 0 fully saturated rings. The fourth-order valence-electron chi connectivity index (χ4n) is 1.71. The Morgan fingerprint density at radius 1 is 1.14 bits per heavy atom. The van der Waals surface area contributed by atoms with Crippen LogP contribution in [0.1, 0.15) is 30.6 Å². The molecule has 5 N–H and O–H groups in total. The first-order valence-electron chi connectivity index (χ1n) is 6.67. The van der Waals surface area contributed by atoms with Crippen LogP contribution in [-0.4, -0.2) is 23.9 Å². The van der Waals surface area contributed by atoms with Crippen molar-refractivity contribution in [3.05, 3.63) is 35.9 Å². The van der Waals surface area contributed by atoms with E-state index >= 15 is 0 Å². The second kappa shape index (κ2) is 7.88. The van der Waals surface area contributed by atoms with Crippen molar-refractivity contribution in [1.82, 2.24) is 16.2 Å². The normalized spacial score (nSPS) is 12.9. The monoisotopic (exact) mass is 292 g/mol. The van der Waals surface area contributed by atoms with E-state index in [9.17, 15) is 14.4 Å². The van der Waals surface area contributed by atoms with E-state index in [4.69, 9.17) is 5.73 Å². The first-order valence-corrected chi connectivity index (χ1v) is 6.67. The lowest BCUT2D eigenvalue weighted by Gasteiger charge is -2.22. The minimum absolute atomic E-state index is 0.119. The molecule has 0 heterocycles. The summed E-state index contributed by atoms with van der Waals surface area (Å²) in [5.74, 6) is -1.08. The van der Waals surface area contributed by atoms with Gasteiger partial charge in [0.15, 0.2) is 0 Å². The summed E-state index contributed by atoms with van der Waals surface area (Å²) in [7, 11) is 0. The quantitative estimate of drug-likeness (QED) is 0.594. The van der Waals surface area contributed by atoms with E-state index < -0.39 is 23.9 Å². The number of nitrogens with one attached hydrogen (secondary N) is 3. The molecule has 1 rings (SSSR count). The highest BCUT2D eigenvalue weighted by Gasteiger charge is 2.25. The zero-order chi connectivity index (χ0) is 15.8. The zero-order valence-corrected chi connectivity index (χ0v) is 12.1. The second-order valence-electron chi connectivity index (χ2n) is 4.68. The van der Waals surface area contributed by atoms with Crippen molar-refractivity contribution in [3.8, 4) is 0 Å². The molecule has 0 aliphatic carbocycles. The topological polar surface area (TPSA) is 113 Å². The molecule has 2 atom stereocenters. The highest BCUT2D eigenvalue weighted by atomic mass is 16.2. The summed E-state index contributed by atoms with van der Waals surface area (Å²) in [6, 6.07) is 6.87. The van der Waals surface area contributed by atoms with Crippen LogP contribution in [0.4, 0.5) is 4.79 Å². The third-order valence-electron chi connectivity index (χ3n) is 3.13. The summed E-state index contributed by atoms with van der Waals surface area (Å²) in [6.45, 7) is 3.69. The number of carbonyl (C=O) groups is 3. The van der Waals surface area contributed by atoms with E-state index in [0.29, 0.717) is 12.0 Å². The average molecular weight is 292 g/mol. The molecule has 2 unspecified atom stereocenters. The minimum atomic E-state index is -0.802. The van der Waals surface area contributed by atoms with Gasteiger partial charge in [-0.25, -0.2) is 4.79 Å². The van der Waals surface area contributed by atoms with E-state index in [1.54, 1.807) is 37.3 Å². The molecular weight excluding hydrogens is 272 g/mol. The number of carbonyl (C=O) groups excluding carboxylic acids is 3. The third kappa shape index (κ3) is 5.13. The Bertz CT molecular complexity index is 504. The van der Waals surface area contributed by atoms with Crippen molar-refractivity contribution >= 4 is 17.8 Å². The number of hydrogen-bond donors (Lipinski definition) is 4. The van der Waals surface area contributed by atoms with Gasteiger partial charge in [0.1, 0.15) is 6.04 Å². The van der Waals surface area contributed by atoms with Gasteiger partial charge in [0.05, 0.1) is 0 Å². The Hall–Kier alpha value is -2.57. The van der Waals surface area contributed by atoms with Crippen LogP contribution < -0.4 is 21.9 Å². The fraction of sp³-hybridized carbons (Fsp3) is 0.357. The summed E-state index contributed by atoms with van der Waals surface area (Å²) < 4.78 is 0. The molecule has 0 spiro atoms. The SMILES string of the molecule is CCC(C)C(NC(N)=O)C(=O)NNC(=O)c1ccccc1. The van der Waals surface area contributed by atoms with Gasteiger partial charge >= 0.3 is 6.03 Å². The highest BCUT2D eigenvalue weighted by molar-refractivity contribution is 5.96. The Balaban J connectivity index is 2.61. The van der Waals surface area contributed by atoms with Gasteiger partial charge in [0, 0.05) is 5.56 Å². The number of urea groups is 1. The van der Waals surface area contributed by atoms with Crippen molar-refractivity contribution in [2.45, 2.75) is 26.3 Å². The van der Waals surface area contributed by atoms with Gasteiger partial charge in [0.25, 0.3) is 11.8 Å². The zero-order valence-electron chi connectivity index (χ0n) is 12.1. The largest absolute Gasteiger partial charge is 0.352 e. The number of amides is 4. The Labute approximate surface area is 123 Å². The van der Waals surface area contributed by atoms with E-state index in [0.717, 1.165) is 0 Å². The molecule has 0 aliphatic heterocycles.